The van der Waals surface area contributed by atoms with Crippen LogP contribution >= 0.6 is 43.5 Å². The monoisotopic (exact) mass is 395 g/mol. The lowest BCUT2D eigenvalue weighted by atomic mass is 9.95. The maximum Gasteiger partial charge on any atom is 0.251 e. The topological polar surface area (TPSA) is 29.1 Å². The first-order valence-electron chi connectivity index (χ1n) is 5.75. The van der Waals surface area contributed by atoms with E-state index in [1.165, 1.54) is 0 Å². The molecular formula is C13H16Br2ClNO. The third-order valence-electron chi connectivity index (χ3n) is 3.02. The molecule has 0 heterocycles. The molecule has 0 aliphatic carbocycles. The molecule has 0 saturated heterocycles. The largest absolute Gasteiger partial charge is 0.347 e. The van der Waals surface area contributed by atoms with Gasteiger partial charge in [-0.15, -0.1) is 0 Å². The Kier molecular flexibility index (Phi) is 6.15. The zero-order valence-corrected chi connectivity index (χ0v) is 14.3. The molecule has 0 saturated carbocycles. The van der Waals surface area contributed by atoms with Crippen molar-refractivity contribution in [2.45, 2.75) is 32.2 Å². The van der Waals surface area contributed by atoms with Crippen LogP contribution in [0.25, 0.3) is 0 Å². The van der Waals surface area contributed by atoms with Crippen molar-refractivity contribution in [3.63, 3.8) is 0 Å². The van der Waals surface area contributed by atoms with E-state index in [0.717, 1.165) is 22.6 Å². The van der Waals surface area contributed by atoms with Crippen molar-refractivity contribution in [2.24, 2.45) is 0 Å². The fourth-order valence-corrected chi connectivity index (χ4v) is 2.89. The van der Waals surface area contributed by atoms with E-state index in [0.29, 0.717) is 10.6 Å². The third kappa shape index (κ3) is 4.25. The van der Waals surface area contributed by atoms with Crippen LogP contribution in [0.15, 0.2) is 22.7 Å². The number of halogens is 3. The summed E-state index contributed by atoms with van der Waals surface area (Å²) < 4.78 is 0.732. The van der Waals surface area contributed by atoms with E-state index in [1.54, 1.807) is 18.2 Å². The maximum atomic E-state index is 12.2. The summed E-state index contributed by atoms with van der Waals surface area (Å²) in [6.07, 6.45) is 1.78. The second-order valence-electron chi connectivity index (χ2n) is 4.44. The maximum absolute atomic E-state index is 12.2. The summed E-state index contributed by atoms with van der Waals surface area (Å²) >= 11 is 12.7. The Morgan fingerprint density at radius 3 is 2.67 bits per heavy atom. The van der Waals surface area contributed by atoms with Crippen LogP contribution in [0.5, 0.6) is 0 Å². The summed E-state index contributed by atoms with van der Waals surface area (Å²) in [5.74, 6) is -0.0716. The van der Waals surface area contributed by atoms with E-state index in [-0.39, 0.29) is 11.4 Å². The van der Waals surface area contributed by atoms with Crippen molar-refractivity contribution < 1.29 is 4.79 Å². The minimum absolute atomic E-state index is 0.0716. The highest BCUT2D eigenvalue weighted by molar-refractivity contribution is 9.10. The molecule has 100 valence electrons. The number of amides is 1. The van der Waals surface area contributed by atoms with Crippen LogP contribution in [0.2, 0.25) is 5.02 Å². The number of alkyl halides is 1. The summed E-state index contributed by atoms with van der Waals surface area (Å²) in [4.78, 5) is 12.2. The molecule has 1 amide bonds. The summed E-state index contributed by atoms with van der Waals surface area (Å²) in [6.45, 7) is 4.12. The standard InChI is InChI=1S/C13H16Br2ClNO/c1-3-13(2,6-7-14)17-12(18)9-4-5-11(16)10(15)8-9/h4-5,8H,3,6-7H2,1-2H3,(H,17,18). The van der Waals surface area contributed by atoms with E-state index < -0.39 is 0 Å². The number of carbonyl (C=O) groups excluding carboxylic acids is 1. The zero-order chi connectivity index (χ0) is 13.8. The normalized spacial score (nSPS) is 14.1. The average molecular weight is 398 g/mol. The molecule has 1 atom stereocenters. The van der Waals surface area contributed by atoms with Crippen molar-refractivity contribution in [3.8, 4) is 0 Å². The molecule has 5 heteroatoms. The molecule has 1 aromatic rings. The molecule has 1 aromatic carbocycles. The average Bonchev–Trinajstić information content (AvgIpc) is 2.32. The predicted octanol–water partition coefficient (Wildman–Crippen LogP) is 4.79. The van der Waals surface area contributed by atoms with Gasteiger partial charge in [-0.05, 0) is 53.9 Å². The Bertz CT molecular complexity index is 439. The fourth-order valence-electron chi connectivity index (χ4n) is 1.52. The number of benzene rings is 1. The van der Waals surface area contributed by atoms with Gasteiger partial charge in [-0.2, -0.15) is 0 Å². The van der Waals surface area contributed by atoms with E-state index >= 15 is 0 Å². The van der Waals surface area contributed by atoms with E-state index in [9.17, 15) is 4.79 Å². The highest BCUT2D eigenvalue weighted by Crippen LogP contribution is 2.24. The number of carbonyl (C=O) groups is 1. The third-order valence-corrected chi connectivity index (χ3v) is 4.63. The smallest absolute Gasteiger partial charge is 0.251 e. The number of nitrogens with one attached hydrogen (secondary N) is 1. The van der Waals surface area contributed by atoms with Gasteiger partial charge in [0.15, 0.2) is 0 Å². The quantitative estimate of drug-likeness (QED) is 0.712. The fraction of sp³-hybridized carbons (Fsp3) is 0.462. The number of rotatable bonds is 5. The van der Waals surface area contributed by atoms with Crippen LogP contribution < -0.4 is 5.32 Å². The van der Waals surface area contributed by atoms with Crippen molar-refractivity contribution in [1.82, 2.24) is 5.32 Å². The molecule has 18 heavy (non-hydrogen) atoms. The summed E-state index contributed by atoms with van der Waals surface area (Å²) in [6, 6.07) is 5.18. The molecule has 1 unspecified atom stereocenters. The lowest BCUT2D eigenvalue weighted by Crippen LogP contribution is -2.45. The van der Waals surface area contributed by atoms with Gasteiger partial charge in [0.25, 0.3) is 5.91 Å². The molecule has 0 spiro atoms. The molecule has 0 radical (unpaired) electrons. The summed E-state index contributed by atoms with van der Waals surface area (Å²) in [7, 11) is 0. The van der Waals surface area contributed by atoms with Gasteiger partial charge in [0.2, 0.25) is 0 Å². The van der Waals surface area contributed by atoms with Gasteiger partial charge in [-0.3, -0.25) is 4.79 Å². The van der Waals surface area contributed by atoms with Crippen LogP contribution in [-0.4, -0.2) is 16.8 Å². The molecule has 0 fully saturated rings. The zero-order valence-electron chi connectivity index (χ0n) is 10.4. The molecule has 0 aliphatic rings. The molecule has 1 rings (SSSR count). The van der Waals surface area contributed by atoms with Crippen LogP contribution in [0, 0.1) is 0 Å². The Labute approximate surface area is 130 Å². The molecule has 2 nitrogen and oxygen atoms in total. The first kappa shape index (κ1) is 16.0. The molecule has 1 N–H and O–H groups in total. The summed E-state index contributed by atoms with van der Waals surface area (Å²) in [5, 5.41) is 4.54. The van der Waals surface area contributed by atoms with Crippen LogP contribution in [0.1, 0.15) is 37.0 Å². The minimum Gasteiger partial charge on any atom is -0.347 e. The molecule has 0 aliphatic heterocycles. The van der Waals surface area contributed by atoms with E-state index in [4.69, 9.17) is 11.6 Å². The first-order valence-corrected chi connectivity index (χ1v) is 8.04. The Balaban J connectivity index is 2.84. The van der Waals surface area contributed by atoms with Gasteiger partial charge < -0.3 is 5.32 Å². The highest BCUT2D eigenvalue weighted by atomic mass is 79.9. The molecule has 0 bridgehead atoms. The molecular weight excluding hydrogens is 381 g/mol. The van der Waals surface area contributed by atoms with Crippen LogP contribution in [0.3, 0.4) is 0 Å². The second-order valence-corrected chi connectivity index (χ2v) is 6.49. The predicted molar refractivity (Wildman–Crippen MR) is 83.7 cm³/mol. The second kappa shape index (κ2) is 6.92. The SMILES string of the molecule is CCC(C)(CCBr)NC(=O)c1ccc(Cl)c(Br)c1. The van der Waals surface area contributed by atoms with Gasteiger partial charge in [0.1, 0.15) is 0 Å². The first-order chi connectivity index (χ1) is 8.41. The number of hydrogen-bond donors (Lipinski definition) is 1. The molecule has 0 aromatic heterocycles. The van der Waals surface area contributed by atoms with Crippen LogP contribution in [0.4, 0.5) is 0 Å². The highest BCUT2D eigenvalue weighted by Gasteiger charge is 2.24. The van der Waals surface area contributed by atoms with Gasteiger partial charge >= 0.3 is 0 Å². The van der Waals surface area contributed by atoms with Gasteiger partial charge in [0, 0.05) is 20.9 Å². The lowest BCUT2D eigenvalue weighted by molar-refractivity contribution is 0.0902. The van der Waals surface area contributed by atoms with Crippen molar-refractivity contribution in [2.75, 3.05) is 5.33 Å². The minimum atomic E-state index is -0.188. The van der Waals surface area contributed by atoms with Gasteiger partial charge in [0.05, 0.1) is 5.02 Å². The van der Waals surface area contributed by atoms with Crippen molar-refractivity contribution in [1.29, 1.82) is 0 Å². The van der Waals surface area contributed by atoms with Gasteiger partial charge in [-0.25, -0.2) is 0 Å². The van der Waals surface area contributed by atoms with E-state index in [2.05, 4.69) is 51.0 Å². The number of hydrogen-bond acceptors (Lipinski definition) is 1. The Morgan fingerprint density at radius 1 is 1.50 bits per heavy atom. The lowest BCUT2D eigenvalue weighted by Gasteiger charge is -2.29. The van der Waals surface area contributed by atoms with Crippen LogP contribution in [-0.2, 0) is 0 Å². The van der Waals surface area contributed by atoms with Crippen molar-refractivity contribution in [3.05, 3.63) is 33.3 Å². The summed E-state index contributed by atoms with van der Waals surface area (Å²) in [5.41, 5.74) is 0.424. The Morgan fingerprint density at radius 2 is 2.17 bits per heavy atom. The van der Waals surface area contributed by atoms with Crippen molar-refractivity contribution >= 4 is 49.4 Å². The van der Waals surface area contributed by atoms with Gasteiger partial charge in [-0.1, -0.05) is 34.5 Å². The van der Waals surface area contributed by atoms with E-state index in [1.807, 2.05) is 0 Å². The Hall–Kier alpha value is -0.0600.